The summed E-state index contributed by atoms with van der Waals surface area (Å²) >= 11 is 5.35. The lowest BCUT2D eigenvalue weighted by molar-refractivity contribution is -0.119. The summed E-state index contributed by atoms with van der Waals surface area (Å²) in [5.41, 5.74) is 6.77. The van der Waals surface area contributed by atoms with Gasteiger partial charge in [0, 0.05) is 33.1 Å². The molecule has 158 valence electrons. The molecular formula is C19H26FN5O3S. The lowest BCUT2D eigenvalue weighted by Gasteiger charge is -2.38. The molecule has 2 aliphatic heterocycles. The zero-order valence-corrected chi connectivity index (χ0v) is 17.4. The van der Waals surface area contributed by atoms with E-state index in [1.165, 1.54) is 17.9 Å². The average molecular weight is 424 g/mol. The van der Waals surface area contributed by atoms with Gasteiger partial charge >= 0.3 is 6.09 Å². The fourth-order valence-corrected chi connectivity index (χ4v) is 3.65. The topological polar surface area (TPSA) is 91.1 Å². The number of carbonyl (C=O) groups is 2. The first-order chi connectivity index (χ1) is 13.8. The van der Waals surface area contributed by atoms with E-state index in [0.717, 1.165) is 4.99 Å². The van der Waals surface area contributed by atoms with Gasteiger partial charge in [-0.25, -0.2) is 9.18 Å². The first-order valence-corrected chi connectivity index (χ1v) is 9.98. The van der Waals surface area contributed by atoms with Crippen LogP contribution in [0.15, 0.2) is 18.2 Å². The first-order valence-electron chi connectivity index (χ1n) is 9.57. The Balaban J connectivity index is 1.63. The minimum Gasteiger partial charge on any atom is -0.442 e. The molecule has 2 heterocycles. The lowest BCUT2D eigenvalue weighted by Crippen LogP contribution is -2.52. The Morgan fingerprint density at radius 1 is 1.38 bits per heavy atom. The molecule has 29 heavy (non-hydrogen) atoms. The van der Waals surface area contributed by atoms with Gasteiger partial charge in [-0.05, 0) is 25.1 Å². The van der Waals surface area contributed by atoms with Crippen LogP contribution in [0.25, 0.3) is 0 Å². The summed E-state index contributed by atoms with van der Waals surface area (Å²) in [5.74, 6) is -0.597. The van der Waals surface area contributed by atoms with Crippen LogP contribution in [-0.2, 0) is 9.53 Å². The minimum atomic E-state index is -0.550. The van der Waals surface area contributed by atoms with Gasteiger partial charge in [0.1, 0.15) is 11.9 Å². The molecule has 0 spiro atoms. The van der Waals surface area contributed by atoms with Crippen LogP contribution in [-0.4, -0.2) is 73.3 Å². The zero-order valence-electron chi connectivity index (χ0n) is 16.6. The maximum Gasteiger partial charge on any atom is 0.414 e. The van der Waals surface area contributed by atoms with Crippen molar-refractivity contribution < 1.29 is 18.7 Å². The highest BCUT2D eigenvalue weighted by Crippen LogP contribution is 2.28. The van der Waals surface area contributed by atoms with Crippen LogP contribution < -0.4 is 20.9 Å². The summed E-state index contributed by atoms with van der Waals surface area (Å²) in [7, 11) is 0. The number of halogens is 1. The maximum absolute atomic E-state index is 14.8. The Labute approximate surface area is 174 Å². The summed E-state index contributed by atoms with van der Waals surface area (Å²) in [4.78, 5) is 29.2. The average Bonchev–Trinajstić information content (AvgIpc) is 3.06. The third kappa shape index (κ3) is 4.94. The van der Waals surface area contributed by atoms with E-state index in [9.17, 15) is 14.0 Å². The first kappa shape index (κ1) is 21.3. The molecule has 0 bridgehead atoms. The number of thiocarbonyl (C=S) groups is 1. The molecule has 2 amide bonds. The van der Waals surface area contributed by atoms with Crippen LogP contribution in [0.1, 0.15) is 13.8 Å². The molecule has 2 fully saturated rings. The van der Waals surface area contributed by atoms with E-state index < -0.39 is 18.0 Å². The van der Waals surface area contributed by atoms with Gasteiger partial charge in [0.2, 0.25) is 5.91 Å². The molecule has 0 aliphatic carbocycles. The van der Waals surface area contributed by atoms with Crippen LogP contribution in [0.5, 0.6) is 0 Å². The second-order valence-electron chi connectivity index (χ2n) is 7.29. The number of ether oxygens (including phenoxy) is 1. The Morgan fingerprint density at radius 3 is 2.66 bits per heavy atom. The molecule has 3 N–H and O–H groups in total. The molecule has 2 saturated heterocycles. The Hall–Kier alpha value is -2.46. The van der Waals surface area contributed by atoms with Crippen molar-refractivity contribution in [3.8, 4) is 0 Å². The van der Waals surface area contributed by atoms with Gasteiger partial charge < -0.3 is 25.6 Å². The molecule has 2 aliphatic rings. The monoisotopic (exact) mass is 423 g/mol. The summed E-state index contributed by atoms with van der Waals surface area (Å²) in [6.45, 7) is 6.37. The quantitative estimate of drug-likeness (QED) is 0.685. The van der Waals surface area contributed by atoms with Crippen molar-refractivity contribution in [1.29, 1.82) is 0 Å². The van der Waals surface area contributed by atoms with Crippen molar-refractivity contribution in [2.24, 2.45) is 5.73 Å². The number of carbonyl (C=O) groups excluding carboxylic acids is 2. The largest absolute Gasteiger partial charge is 0.442 e. The normalized spacial score (nSPS) is 20.5. The smallest absolute Gasteiger partial charge is 0.414 e. The number of nitrogens with zero attached hydrogens (tertiary/aromatic N) is 3. The van der Waals surface area contributed by atoms with Crippen molar-refractivity contribution in [2.45, 2.75) is 26.0 Å². The molecule has 1 unspecified atom stereocenters. The van der Waals surface area contributed by atoms with Crippen molar-refractivity contribution in [3.05, 3.63) is 24.0 Å². The van der Waals surface area contributed by atoms with Gasteiger partial charge in [0.15, 0.2) is 0 Å². The molecule has 0 aromatic heterocycles. The lowest BCUT2D eigenvalue weighted by atomic mass is 10.2. The van der Waals surface area contributed by atoms with Crippen LogP contribution in [0.4, 0.5) is 20.6 Å². The molecule has 8 nitrogen and oxygen atoms in total. The maximum atomic E-state index is 14.8. The van der Waals surface area contributed by atoms with Gasteiger partial charge in [-0.1, -0.05) is 12.2 Å². The number of benzene rings is 1. The zero-order chi connectivity index (χ0) is 21.1. The standard InChI is InChI=1S/C19H26FN5O3S/c1-12(21)18(29)24-7-5-23(6-8-24)17-4-3-14(9-16(17)20)25-11-15(28-19(25)27)10-22-13(2)26/h3-4,9,12,15H,5-8,10-11,21H2,1-2H3,(H,22,26)/t12?,15-/m0/s1. The van der Waals surface area contributed by atoms with E-state index in [1.807, 2.05) is 11.8 Å². The predicted molar refractivity (Wildman–Crippen MR) is 113 cm³/mol. The van der Waals surface area contributed by atoms with E-state index in [-0.39, 0.29) is 25.0 Å². The number of cyclic esters (lactones) is 1. The van der Waals surface area contributed by atoms with Gasteiger partial charge in [-0.2, -0.15) is 0 Å². The SMILES string of the molecule is CC(=O)NC[C@H]1CN(c2ccc(N3CCN(C(=S)C(C)N)CC3)c(F)c2)C(=O)O1. The summed E-state index contributed by atoms with van der Waals surface area (Å²) in [6, 6.07) is 4.55. The second kappa shape index (κ2) is 8.91. The molecule has 2 atom stereocenters. The second-order valence-corrected chi connectivity index (χ2v) is 7.71. The highest BCUT2D eigenvalue weighted by atomic mass is 32.1. The molecule has 0 saturated carbocycles. The van der Waals surface area contributed by atoms with Crippen molar-refractivity contribution in [1.82, 2.24) is 10.2 Å². The van der Waals surface area contributed by atoms with E-state index in [4.69, 9.17) is 22.7 Å². The number of amides is 2. The van der Waals surface area contributed by atoms with Gasteiger partial charge in [-0.3, -0.25) is 9.69 Å². The Kier molecular flexibility index (Phi) is 6.53. The fourth-order valence-electron chi connectivity index (χ4n) is 3.47. The third-order valence-corrected chi connectivity index (χ3v) is 5.65. The number of anilines is 2. The Morgan fingerprint density at radius 2 is 2.07 bits per heavy atom. The van der Waals surface area contributed by atoms with Crippen LogP contribution >= 0.6 is 12.2 Å². The van der Waals surface area contributed by atoms with Gasteiger partial charge in [-0.15, -0.1) is 0 Å². The molecular weight excluding hydrogens is 397 g/mol. The number of hydrogen-bond donors (Lipinski definition) is 2. The fraction of sp³-hybridized carbons (Fsp3) is 0.526. The van der Waals surface area contributed by atoms with E-state index in [2.05, 4.69) is 10.2 Å². The summed E-state index contributed by atoms with van der Waals surface area (Å²) in [5, 5.41) is 2.62. The van der Waals surface area contributed by atoms with Crippen LogP contribution in [0.2, 0.25) is 0 Å². The molecule has 3 rings (SSSR count). The predicted octanol–water partition coefficient (Wildman–Crippen LogP) is 1.08. The van der Waals surface area contributed by atoms with Gasteiger partial charge in [0.25, 0.3) is 0 Å². The van der Waals surface area contributed by atoms with E-state index in [1.54, 1.807) is 12.1 Å². The summed E-state index contributed by atoms with van der Waals surface area (Å²) in [6.07, 6.45) is -1.01. The molecule has 0 radical (unpaired) electrons. The number of nitrogens with one attached hydrogen (secondary N) is 1. The molecule has 1 aromatic rings. The molecule has 10 heteroatoms. The molecule has 1 aromatic carbocycles. The van der Waals surface area contributed by atoms with E-state index >= 15 is 0 Å². The Bertz CT molecular complexity index is 798. The number of piperazine rings is 1. The van der Waals surface area contributed by atoms with E-state index in [0.29, 0.717) is 37.6 Å². The van der Waals surface area contributed by atoms with Crippen molar-refractivity contribution in [3.63, 3.8) is 0 Å². The van der Waals surface area contributed by atoms with Crippen LogP contribution in [0.3, 0.4) is 0 Å². The van der Waals surface area contributed by atoms with Crippen molar-refractivity contribution in [2.75, 3.05) is 49.1 Å². The number of rotatable bonds is 5. The van der Waals surface area contributed by atoms with Crippen LogP contribution in [0, 0.1) is 5.82 Å². The summed E-state index contributed by atoms with van der Waals surface area (Å²) < 4.78 is 20.0. The number of nitrogens with two attached hydrogens (primary N) is 1. The third-order valence-electron chi connectivity index (χ3n) is 5.02. The highest BCUT2D eigenvalue weighted by Gasteiger charge is 2.33. The minimum absolute atomic E-state index is 0.178. The van der Waals surface area contributed by atoms with Gasteiger partial charge in [0.05, 0.1) is 35.5 Å². The van der Waals surface area contributed by atoms with Crippen molar-refractivity contribution >= 4 is 40.6 Å². The highest BCUT2D eigenvalue weighted by molar-refractivity contribution is 7.80. The number of hydrogen-bond acceptors (Lipinski definition) is 6.